The van der Waals surface area contributed by atoms with Gasteiger partial charge >= 0.3 is 7.60 Å². The summed E-state index contributed by atoms with van der Waals surface area (Å²) >= 11 is 6.14. The second-order valence-electron chi connectivity index (χ2n) is 5.54. The van der Waals surface area contributed by atoms with Gasteiger partial charge in [0.25, 0.3) is 0 Å². The van der Waals surface area contributed by atoms with Crippen molar-refractivity contribution in [1.29, 1.82) is 0 Å². The van der Waals surface area contributed by atoms with Crippen LogP contribution in [0.4, 0.5) is 0 Å². The first-order valence-electron chi connectivity index (χ1n) is 8.30. The highest BCUT2D eigenvalue weighted by atomic mass is 35.5. The molecule has 7 heteroatoms. The molecule has 0 bridgehead atoms. The topological polar surface area (TPSA) is 57.5 Å². The van der Waals surface area contributed by atoms with Gasteiger partial charge in [-0.25, -0.2) is 0 Å². The van der Waals surface area contributed by atoms with E-state index in [1.54, 1.807) is 36.6 Å². The summed E-state index contributed by atoms with van der Waals surface area (Å²) < 4.78 is 25.8. The fourth-order valence-electron chi connectivity index (χ4n) is 2.80. The summed E-state index contributed by atoms with van der Waals surface area (Å²) in [5.74, 6) is 0. The molecule has 0 saturated carbocycles. The minimum absolute atomic E-state index is 0.0138. The van der Waals surface area contributed by atoms with Gasteiger partial charge in [-0.15, -0.1) is 0 Å². The largest absolute Gasteiger partial charge is 0.366 e. The Labute approximate surface area is 156 Å². The zero-order valence-electron chi connectivity index (χ0n) is 14.5. The van der Waals surface area contributed by atoms with Crippen molar-refractivity contribution in [2.75, 3.05) is 13.2 Å². The highest BCUT2D eigenvalue weighted by molar-refractivity contribution is 7.62. The van der Waals surface area contributed by atoms with Crippen LogP contribution in [0.5, 0.6) is 0 Å². The Kier molecular flexibility index (Phi) is 5.64. The second kappa shape index (κ2) is 7.77. The summed E-state index contributed by atoms with van der Waals surface area (Å²) in [5.41, 5.74) is 1.05. The second-order valence-corrected chi connectivity index (χ2v) is 7.97. The Hall–Kier alpha value is -1.91. The van der Waals surface area contributed by atoms with E-state index in [1.807, 2.05) is 30.3 Å². The van der Waals surface area contributed by atoms with E-state index in [-0.39, 0.29) is 23.9 Å². The van der Waals surface area contributed by atoms with Crippen LogP contribution in [0, 0.1) is 0 Å². The molecule has 2 aromatic carbocycles. The minimum atomic E-state index is -3.74. The van der Waals surface area contributed by atoms with Crippen LogP contribution >= 0.6 is 19.2 Å². The summed E-state index contributed by atoms with van der Waals surface area (Å²) in [6.07, 6.45) is 1.53. The first-order valence-corrected chi connectivity index (χ1v) is 10.2. The molecule has 1 heterocycles. The Balaban J connectivity index is 2.39. The molecule has 0 fully saturated rings. The third kappa shape index (κ3) is 3.49. The number of aromatic nitrogens is 1. The average molecular weight is 392 g/mol. The monoisotopic (exact) mass is 391 g/mol. The smallest absolute Gasteiger partial charge is 0.315 e. The molecule has 0 spiro atoms. The number of fused-ring (bicyclic) bond motifs is 1. The van der Waals surface area contributed by atoms with E-state index < -0.39 is 7.60 Å². The maximum absolute atomic E-state index is 13.2. The van der Waals surface area contributed by atoms with Gasteiger partial charge < -0.3 is 13.6 Å². The first kappa shape index (κ1) is 18.9. The number of hydrogen-bond donors (Lipinski definition) is 0. The first-order chi connectivity index (χ1) is 12.5. The molecule has 0 saturated heterocycles. The fourth-order valence-corrected chi connectivity index (χ4v) is 4.62. The predicted octanol–water partition coefficient (Wildman–Crippen LogP) is 4.54. The predicted molar refractivity (Wildman–Crippen MR) is 105 cm³/mol. The van der Waals surface area contributed by atoms with Crippen LogP contribution in [0.15, 0.2) is 59.5 Å². The number of nitrogens with zero attached hydrogens (tertiary/aromatic N) is 1. The summed E-state index contributed by atoms with van der Waals surface area (Å²) in [5, 5.41) is 0.919. The molecule has 0 N–H and O–H groups in total. The minimum Gasteiger partial charge on any atom is -0.315 e. The van der Waals surface area contributed by atoms with E-state index in [1.165, 1.54) is 6.20 Å². The highest BCUT2D eigenvalue weighted by Crippen LogP contribution is 2.46. The van der Waals surface area contributed by atoms with Crippen LogP contribution in [0.2, 0.25) is 5.02 Å². The molecule has 0 radical (unpaired) electrons. The summed E-state index contributed by atoms with van der Waals surface area (Å²) in [7, 11) is -3.74. The van der Waals surface area contributed by atoms with Gasteiger partial charge in [-0.3, -0.25) is 9.36 Å². The Morgan fingerprint density at radius 1 is 1.04 bits per heavy atom. The highest BCUT2D eigenvalue weighted by Gasteiger charge is 2.31. The summed E-state index contributed by atoms with van der Waals surface area (Å²) in [6, 6.07) is 14.4. The van der Waals surface area contributed by atoms with Gasteiger partial charge in [-0.1, -0.05) is 29.8 Å². The number of rotatable bonds is 6. The molecular weight excluding hydrogens is 373 g/mol. The van der Waals surface area contributed by atoms with Crippen molar-refractivity contribution in [3.8, 4) is 5.69 Å². The molecule has 0 aliphatic rings. The van der Waals surface area contributed by atoms with Crippen LogP contribution in [0.25, 0.3) is 16.6 Å². The number of benzene rings is 2. The fraction of sp³-hybridized carbons (Fsp3) is 0.211. The Bertz CT molecular complexity index is 1020. The maximum atomic E-state index is 13.2. The van der Waals surface area contributed by atoms with Crippen molar-refractivity contribution >= 4 is 35.4 Å². The SMILES string of the molecule is CCOP(=O)(OCC)c1cn(-c2ccccc2)c2cc(Cl)ccc2c1=O. The molecule has 3 aromatic rings. The molecule has 0 unspecified atom stereocenters. The van der Waals surface area contributed by atoms with E-state index in [0.29, 0.717) is 15.9 Å². The van der Waals surface area contributed by atoms with Crippen LogP contribution in [0.3, 0.4) is 0 Å². The van der Waals surface area contributed by atoms with Gasteiger partial charge in [0.1, 0.15) is 5.30 Å². The van der Waals surface area contributed by atoms with Crippen molar-refractivity contribution in [3.05, 3.63) is 70.0 Å². The lowest BCUT2D eigenvalue weighted by Crippen LogP contribution is -2.29. The molecule has 136 valence electrons. The normalized spacial score (nSPS) is 11.8. The maximum Gasteiger partial charge on any atom is 0.366 e. The number of pyridine rings is 1. The molecule has 26 heavy (non-hydrogen) atoms. The van der Waals surface area contributed by atoms with Gasteiger partial charge in [0.05, 0.1) is 18.7 Å². The number of halogens is 1. The van der Waals surface area contributed by atoms with Gasteiger partial charge in [0, 0.05) is 22.3 Å². The van der Waals surface area contributed by atoms with Crippen LogP contribution in [-0.4, -0.2) is 17.8 Å². The van der Waals surface area contributed by atoms with Crippen molar-refractivity contribution in [3.63, 3.8) is 0 Å². The number of para-hydroxylation sites is 1. The molecule has 1 aromatic heterocycles. The molecular formula is C19H19ClNO4P. The van der Waals surface area contributed by atoms with Crippen molar-refractivity contribution < 1.29 is 13.6 Å². The van der Waals surface area contributed by atoms with Crippen LogP contribution in [0.1, 0.15) is 13.8 Å². The van der Waals surface area contributed by atoms with Crippen LogP contribution < -0.4 is 10.7 Å². The van der Waals surface area contributed by atoms with Crippen molar-refractivity contribution in [2.45, 2.75) is 13.8 Å². The third-order valence-corrected chi connectivity index (χ3v) is 6.22. The van der Waals surface area contributed by atoms with E-state index in [2.05, 4.69) is 0 Å². The molecule has 3 rings (SSSR count). The molecule has 0 atom stereocenters. The molecule has 0 aliphatic heterocycles. The molecule has 0 amide bonds. The lowest BCUT2D eigenvalue weighted by atomic mass is 10.2. The van der Waals surface area contributed by atoms with Crippen molar-refractivity contribution in [1.82, 2.24) is 4.57 Å². The zero-order chi connectivity index (χ0) is 18.7. The van der Waals surface area contributed by atoms with E-state index in [9.17, 15) is 9.36 Å². The lowest BCUT2D eigenvalue weighted by Gasteiger charge is -2.19. The zero-order valence-corrected chi connectivity index (χ0v) is 16.2. The summed E-state index contributed by atoms with van der Waals surface area (Å²) in [6.45, 7) is 3.76. The third-order valence-electron chi connectivity index (χ3n) is 3.88. The Morgan fingerprint density at radius 3 is 2.31 bits per heavy atom. The van der Waals surface area contributed by atoms with Gasteiger partial charge in [-0.05, 0) is 44.2 Å². The van der Waals surface area contributed by atoms with Gasteiger partial charge in [0.15, 0.2) is 0 Å². The molecule has 0 aliphatic carbocycles. The average Bonchev–Trinajstić information content (AvgIpc) is 2.63. The quantitative estimate of drug-likeness (QED) is 0.579. The lowest BCUT2D eigenvalue weighted by molar-refractivity contribution is 0.229. The van der Waals surface area contributed by atoms with Crippen LogP contribution in [-0.2, 0) is 13.6 Å². The molecule has 5 nitrogen and oxygen atoms in total. The van der Waals surface area contributed by atoms with E-state index >= 15 is 0 Å². The standard InChI is InChI=1S/C19H19ClNO4P/c1-3-24-26(23,25-4-2)18-13-21(15-8-6-5-7-9-15)17-12-14(20)10-11-16(17)19(18)22/h5-13H,3-4H2,1-2H3. The number of hydrogen-bond acceptors (Lipinski definition) is 4. The summed E-state index contributed by atoms with van der Waals surface area (Å²) in [4.78, 5) is 13.0. The van der Waals surface area contributed by atoms with E-state index in [0.717, 1.165) is 5.69 Å². The Morgan fingerprint density at radius 2 is 1.69 bits per heavy atom. The van der Waals surface area contributed by atoms with Gasteiger partial charge in [0.2, 0.25) is 5.43 Å². The van der Waals surface area contributed by atoms with E-state index in [4.69, 9.17) is 20.6 Å². The van der Waals surface area contributed by atoms with Crippen molar-refractivity contribution in [2.24, 2.45) is 0 Å². The van der Waals surface area contributed by atoms with Gasteiger partial charge in [-0.2, -0.15) is 0 Å².